The average Bonchev–Trinajstić information content (AvgIpc) is 2.77. The van der Waals surface area contributed by atoms with E-state index in [1.165, 1.54) is 11.8 Å². The van der Waals surface area contributed by atoms with E-state index in [2.05, 4.69) is 0 Å². The molecule has 33 heavy (non-hydrogen) atoms. The molecule has 0 saturated heterocycles. The molecule has 0 bridgehead atoms. The summed E-state index contributed by atoms with van der Waals surface area (Å²) in [5.41, 5.74) is 2.38. The number of aliphatic carboxylic acids is 1. The third-order valence-electron chi connectivity index (χ3n) is 4.30. The van der Waals surface area contributed by atoms with E-state index in [1.54, 1.807) is 30.3 Å². The fourth-order valence-corrected chi connectivity index (χ4v) is 4.57. The van der Waals surface area contributed by atoms with Crippen LogP contribution in [0.15, 0.2) is 83.8 Å². The molecule has 0 fully saturated rings. The monoisotopic (exact) mass is 504 g/mol. The van der Waals surface area contributed by atoms with Crippen LogP contribution in [0.25, 0.3) is 5.57 Å². The Labute approximate surface area is 201 Å². The molecule has 0 spiro atoms. The molecule has 3 rings (SSSR count). The summed E-state index contributed by atoms with van der Waals surface area (Å²) in [6.45, 7) is -0.444. The zero-order valence-corrected chi connectivity index (χ0v) is 20.0. The van der Waals surface area contributed by atoms with Crippen molar-refractivity contribution < 1.29 is 27.2 Å². The largest absolute Gasteiger partial charge is 0.482 e. The van der Waals surface area contributed by atoms with Crippen molar-refractivity contribution >= 4 is 45.0 Å². The minimum atomic E-state index is -3.70. The van der Waals surface area contributed by atoms with Crippen molar-refractivity contribution in [3.8, 4) is 11.5 Å². The second kappa shape index (κ2) is 11.3. The molecular weight excluding hydrogens is 484 g/mol. The van der Waals surface area contributed by atoms with Crippen LogP contribution in [-0.2, 0) is 14.9 Å². The van der Waals surface area contributed by atoms with Gasteiger partial charge in [0.25, 0.3) is 0 Å². The first-order valence-corrected chi connectivity index (χ1v) is 12.9. The quantitative estimate of drug-likeness (QED) is 0.293. The number of thioether (sulfide) groups is 1. The second-order valence-electron chi connectivity index (χ2n) is 6.85. The number of carboxylic acids is 1. The highest BCUT2D eigenvalue weighted by molar-refractivity contribution is 7.99. The molecule has 6 nitrogen and oxygen atoms in total. The maximum atomic E-state index is 11.8. The Morgan fingerprint density at radius 1 is 1.06 bits per heavy atom. The molecule has 172 valence electrons. The Morgan fingerprint density at radius 2 is 1.76 bits per heavy atom. The SMILES string of the molecule is CS(=O)(=O)Oc1ccccc1C(=CCSc1ccc(OCC(=O)O)cc1Cl)c1ccccc1. The van der Waals surface area contributed by atoms with Crippen molar-refractivity contribution in [1.82, 2.24) is 0 Å². The van der Waals surface area contributed by atoms with Gasteiger partial charge in [0.15, 0.2) is 6.61 Å². The highest BCUT2D eigenvalue weighted by Crippen LogP contribution is 2.34. The maximum Gasteiger partial charge on any atom is 0.341 e. The second-order valence-corrected chi connectivity index (χ2v) is 9.90. The number of benzene rings is 3. The zero-order valence-electron chi connectivity index (χ0n) is 17.6. The predicted octanol–water partition coefficient (Wildman–Crippen LogP) is 5.37. The van der Waals surface area contributed by atoms with Crippen LogP contribution >= 0.6 is 23.4 Å². The minimum Gasteiger partial charge on any atom is -0.482 e. The lowest BCUT2D eigenvalue weighted by atomic mass is 9.97. The van der Waals surface area contributed by atoms with Gasteiger partial charge in [0, 0.05) is 16.2 Å². The zero-order chi connectivity index (χ0) is 23.8. The van der Waals surface area contributed by atoms with Gasteiger partial charge in [-0.15, -0.1) is 11.8 Å². The van der Waals surface area contributed by atoms with E-state index in [0.29, 0.717) is 22.1 Å². The van der Waals surface area contributed by atoms with E-state index < -0.39 is 22.7 Å². The molecule has 0 atom stereocenters. The molecular formula is C24H21ClO6S2. The first-order valence-electron chi connectivity index (χ1n) is 9.74. The molecule has 0 aliphatic heterocycles. The first-order chi connectivity index (χ1) is 15.7. The summed E-state index contributed by atoms with van der Waals surface area (Å²) in [7, 11) is -3.70. The van der Waals surface area contributed by atoms with Crippen LogP contribution in [0.1, 0.15) is 11.1 Å². The Morgan fingerprint density at radius 3 is 2.42 bits per heavy atom. The molecule has 0 unspecified atom stereocenters. The average molecular weight is 505 g/mol. The highest BCUT2D eigenvalue weighted by atomic mass is 35.5. The molecule has 0 heterocycles. The third kappa shape index (κ3) is 7.56. The van der Waals surface area contributed by atoms with Gasteiger partial charge in [0.1, 0.15) is 11.5 Å². The van der Waals surface area contributed by atoms with Gasteiger partial charge in [-0.1, -0.05) is 66.2 Å². The molecule has 0 aromatic heterocycles. The molecule has 3 aromatic rings. The smallest absolute Gasteiger partial charge is 0.341 e. The van der Waals surface area contributed by atoms with E-state index >= 15 is 0 Å². The van der Waals surface area contributed by atoms with E-state index in [-0.39, 0.29) is 5.75 Å². The number of carboxylic acid groups (broad SMARTS) is 1. The summed E-state index contributed by atoms with van der Waals surface area (Å²) < 4.78 is 33.9. The van der Waals surface area contributed by atoms with Gasteiger partial charge in [-0.05, 0) is 35.4 Å². The highest BCUT2D eigenvalue weighted by Gasteiger charge is 2.14. The Kier molecular flexibility index (Phi) is 8.43. The first kappa shape index (κ1) is 24.7. The summed E-state index contributed by atoms with van der Waals surface area (Å²) in [5.74, 6) is 0.0902. The molecule has 0 radical (unpaired) electrons. The Balaban J connectivity index is 1.87. The van der Waals surface area contributed by atoms with Crippen LogP contribution in [0.4, 0.5) is 0 Å². The summed E-state index contributed by atoms with van der Waals surface area (Å²) in [6.07, 6.45) is 2.99. The summed E-state index contributed by atoms with van der Waals surface area (Å²) in [4.78, 5) is 11.4. The summed E-state index contributed by atoms with van der Waals surface area (Å²) in [5, 5.41) is 9.17. The number of hydrogen-bond donors (Lipinski definition) is 1. The molecule has 0 amide bonds. The van der Waals surface area contributed by atoms with Gasteiger partial charge in [-0.2, -0.15) is 8.42 Å². The normalized spacial score (nSPS) is 11.8. The number of rotatable bonds is 10. The standard InChI is InChI=1S/C24H21ClO6S2/c1-33(28,29)31-22-10-6-5-9-20(22)19(17-7-3-2-4-8-17)13-14-32-23-12-11-18(15-21(23)25)30-16-24(26)27/h2-13,15H,14,16H2,1H3,(H,26,27). The summed E-state index contributed by atoms with van der Waals surface area (Å²) in [6, 6.07) is 21.6. The van der Waals surface area contributed by atoms with Crippen LogP contribution in [0.5, 0.6) is 11.5 Å². The fraction of sp³-hybridized carbons (Fsp3) is 0.125. The molecule has 1 N–H and O–H groups in total. The van der Waals surface area contributed by atoms with Crippen molar-refractivity contribution in [3.05, 3.63) is 95.0 Å². The van der Waals surface area contributed by atoms with Gasteiger partial charge in [0.2, 0.25) is 0 Å². The van der Waals surface area contributed by atoms with Crippen LogP contribution in [0, 0.1) is 0 Å². The minimum absolute atomic E-state index is 0.248. The molecule has 0 aliphatic carbocycles. The van der Waals surface area contributed by atoms with Gasteiger partial charge >= 0.3 is 16.1 Å². The van der Waals surface area contributed by atoms with Crippen LogP contribution in [0.2, 0.25) is 5.02 Å². The lowest BCUT2D eigenvalue weighted by molar-refractivity contribution is -0.139. The lowest BCUT2D eigenvalue weighted by Crippen LogP contribution is -2.09. The molecule has 9 heteroatoms. The third-order valence-corrected chi connectivity index (χ3v) is 6.20. The Hall–Kier alpha value is -2.94. The van der Waals surface area contributed by atoms with E-state index in [4.69, 9.17) is 25.6 Å². The predicted molar refractivity (Wildman–Crippen MR) is 131 cm³/mol. The van der Waals surface area contributed by atoms with Crippen LogP contribution < -0.4 is 8.92 Å². The molecule has 0 saturated carbocycles. The molecule has 0 aliphatic rings. The fourth-order valence-electron chi connectivity index (χ4n) is 2.97. The van der Waals surface area contributed by atoms with Crippen molar-refractivity contribution in [1.29, 1.82) is 0 Å². The number of ether oxygens (including phenoxy) is 1. The Bertz CT molecular complexity index is 1260. The number of halogens is 1. The lowest BCUT2D eigenvalue weighted by Gasteiger charge is -2.14. The van der Waals surface area contributed by atoms with Gasteiger partial charge in [-0.3, -0.25) is 0 Å². The van der Waals surface area contributed by atoms with Gasteiger partial charge in [0.05, 0.1) is 11.3 Å². The maximum absolute atomic E-state index is 11.8. The number of carbonyl (C=O) groups is 1. The van der Waals surface area contributed by atoms with E-state index in [0.717, 1.165) is 22.3 Å². The van der Waals surface area contributed by atoms with Gasteiger partial charge in [-0.25, -0.2) is 4.79 Å². The van der Waals surface area contributed by atoms with Crippen molar-refractivity contribution in [2.45, 2.75) is 4.90 Å². The van der Waals surface area contributed by atoms with E-state index in [1.807, 2.05) is 48.5 Å². The van der Waals surface area contributed by atoms with Crippen molar-refractivity contribution in [2.75, 3.05) is 18.6 Å². The summed E-state index contributed by atoms with van der Waals surface area (Å²) >= 11 is 7.81. The molecule has 3 aromatic carbocycles. The van der Waals surface area contributed by atoms with Crippen molar-refractivity contribution in [3.63, 3.8) is 0 Å². The topological polar surface area (TPSA) is 89.9 Å². The number of hydrogen-bond acceptors (Lipinski definition) is 6. The van der Waals surface area contributed by atoms with Crippen LogP contribution in [-0.4, -0.2) is 38.1 Å². The van der Waals surface area contributed by atoms with Gasteiger partial charge < -0.3 is 14.0 Å². The van der Waals surface area contributed by atoms with Crippen LogP contribution in [0.3, 0.4) is 0 Å². The number of para-hydroxylation sites is 1. The van der Waals surface area contributed by atoms with Crippen molar-refractivity contribution in [2.24, 2.45) is 0 Å². The van der Waals surface area contributed by atoms with E-state index in [9.17, 15) is 13.2 Å².